The van der Waals surface area contributed by atoms with E-state index in [0.29, 0.717) is 11.5 Å². The zero-order valence-electron chi connectivity index (χ0n) is 18.3. The van der Waals surface area contributed by atoms with Crippen molar-refractivity contribution in [1.29, 1.82) is 0 Å². The Morgan fingerprint density at radius 2 is 1.72 bits per heavy atom. The smallest absolute Gasteiger partial charge is 0.252 e. The van der Waals surface area contributed by atoms with E-state index in [9.17, 15) is 4.79 Å². The lowest BCUT2D eigenvalue weighted by Gasteiger charge is -2.28. The molecule has 2 heterocycles. The quantitative estimate of drug-likeness (QED) is 0.514. The summed E-state index contributed by atoms with van der Waals surface area (Å²) in [6, 6.07) is 17.3. The summed E-state index contributed by atoms with van der Waals surface area (Å²) in [5.41, 5.74) is 9.37. The number of anilines is 3. The Balaban J connectivity index is 1.44. The first-order valence-corrected chi connectivity index (χ1v) is 10.6. The number of nitrogens with zero attached hydrogens (tertiary/aromatic N) is 3. The Labute approximate surface area is 187 Å². The molecule has 1 aliphatic rings. The van der Waals surface area contributed by atoms with Gasteiger partial charge in [-0.15, -0.1) is 0 Å². The van der Waals surface area contributed by atoms with E-state index in [0.717, 1.165) is 43.2 Å². The molecular formula is C24H28N6O2. The molecule has 0 saturated carbocycles. The molecule has 0 radical (unpaired) electrons. The average molecular weight is 433 g/mol. The molecule has 32 heavy (non-hydrogen) atoms. The highest BCUT2D eigenvalue weighted by atomic mass is 16.5. The molecule has 0 spiro atoms. The van der Waals surface area contributed by atoms with E-state index < -0.39 is 5.66 Å². The number of amides is 1. The molecule has 166 valence electrons. The van der Waals surface area contributed by atoms with Crippen LogP contribution in [0.2, 0.25) is 0 Å². The van der Waals surface area contributed by atoms with E-state index in [1.54, 1.807) is 32.2 Å². The minimum atomic E-state index is -0.774. The van der Waals surface area contributed by atoms with Crippen molar-refractivity contribution in [3.63, 3.8) is 0 Å². The first kappa shape index (κ1) is 21.7. The van der Waals surface area contributed by atoms with E-state index >= 15 is 0 Å². The van der Waals surface area contributed by atoms with Gasteiger partial charge in [-0.1, -0.05) is 12.1 Å². The second-order valence-corrected chi connectivity index (χ2v) is 8.29. The van der Waals surface area contributed by atoms with E-state index in [-0.39, 0.29) is 5.91 Å². The largest absolute Gasteiger partial charge is 0.378 e. The van der Waals surface area contributed by atoms with Crippen LogP contribution in [-0.2, 0) is 4.74 Å². The topological polar surface area (TPSA) is 105 Å². The highest BCUT2D eigenvalue weighted by Crippen LogP contribution is 2.23. The summed E-state index contributed by atoms with van der Waals surface area (Å²) in [7, 11) is 0. The summed E-state index contributed by atoms with van der Waals surface area (Å²) < 4.78 is 5.41. The number of benzene rings is 2. The minimum Gasteiger partial charge on any atom is -0.378 e. The van der Waals surface area contributed by atoms with Crippen molar-refractivity contribution in [3.8, 4) is 11.3 Å². The van der Waals surface area contributed by atoms with Crippen LogP contribution in [0.25, 0.3) is 11.3 Å². The number of nitrogens with two attached hydrogens (primary N) is 1. The van der Waals surface area contributed by atoms with E-state index in [2.05, 4.69) is 37.6 Å². The zero-order valence-corrected chi connectivity index (χ0v) is 18.3. The second-order valence-electron chi connectivity index (χ2n) is 8.29. The summed E-state index contributed by atoms with van der Waals surface area (Å²) in [6.45, 7) is 6.81. The number of hydrogen-bond acceptors (Lipinski definition) is 7. The first-order valence-electron chi connectivity index (χ1n) is 10.6. The molecule has 4 rings (SSSR count). The van der Waals surface area contributed by atoms with Crippen LogP contribution < -0.4 is 21.3 Å². The van der Waals surface area contributed by atoms with Crippen molar-refractivity contribution in [3.05, 3.63) is 66.4 Å². The number of aromatic nitrogens is 2. The predicted octanol–water partition coefficient (Wildman–Crippen LogP) is 3.15. The molecule has 8 heteroatoms. The third kappa shape index (κ3) is 5.60. The Bertz CT molecular complexity index is 1060. The number of nitrogens with one attached hydrogen (secondary N) is 2. The van der Waals surface area contributed by atoms with Crippen LogP contribution >= 0.6 is 0 Å². The molecule has 4 N–H and O–H groups in total. The standard InChI is InChI=1S/C24H28N6O2/c1-24(2,25)29-22(31)18-5-3-17(4-6-18)21-11-12-26-23(28-21)27-19-7-9-20(10-8-19)30-13-15-32-16-14-30/h3-12H,13-16,25H2,1-2H3,(H,29,31)(H,26,27,28). The van der Waals surface area contributed by atoms with Gasteiger partial charge in [0.25, 0.3) is 5.91 Å². The molecule has 3 aromatic rings. The SMILES string of the molecule is CC(C)(N)NC(=O)c1ccc(-c2ccnc(Nc3ccc(N4CCOCC4)cc3)n2)cc1. The summed E-state index contributed by atoms with van der Waals surface area (Å²) in [5, 5.41) is 6.01. The van der Waals surface area contributed by atoms with Crippen molar-refractivity contribution in [2.75, 3.05) is 36.5 Å². The fourth-order valence-electron chi connectivity index (χ4n) is 3.44. The maximum absolute atomic E-state index is 12.3. The number of hydrogen-bond donors (Lipinski definition) is 3. The van der Waals surface area contributed by atoms with Crippen molar-refractivity contribution in [2.45, 2.75) is 19.5 Å². The van der Waals surface area contributed by atoms with E-state index in [4.69, 9.17) is 10.5 Å². The number of carbonyl (C=O) groups excluding carboxylic acids is 1. The minimum absolute atomic E-state index is 0.213. The van der Waals surface area contributed by atoms with Crippen LogP contribution in [0.4, 0.5) is 17.3 Å². The van der Waals surface area contributed by atoms with Crippen molar-refractivity contribution in [1.82, 2.24) is 15.3 Å². The van der Waals surface area contributed by atoms with Crippen LogP contribution in [0.3, 0.4) is 0 Å². The van der Waals surface area contributed by atoms with Crippen LogP contribution in [0.5, 0.6) is 0 Å². The maximum atomic E-state index is 12.3. The molecule has 2 aromatic carbocycles. The third-order valence-electron chi connectivity index (χ3n) is 5.03. The van der Waals surface area contributed by atoms with Crippen LogP contribution in [0.15, 0.2) is 60.8 Å². The molecular weight excluding hydrogens is 404 g/mol. The zero-order chi connectivity index (χ0) is 22.6. The number of carbonyl (C=O) groups is 1. The van der Waals surface area contributed by atoms with Crippen LogP contribution in [-0.4, -0.2) is 47.8 Å². The highest BCUT2D eigenvalue weighted by Gasteiger charge is 2.16. The van der Waals surface area contributed by atoms with Gasteiger partial charge in [-0.3, -0.25) is 4.79 Å². The van der Waals surface area contributed by atoms with Crippen molar-refractivity contribution >= 4 is 23.2 Å². The molecule has 0 atom stereocenters. The van der Waals surface area contributed by atoms with Gasteiger partial charge in [-0.25, -0.2) is 9.97 Å². The Morgan fingerprint density at radius 3 is 2.38 bits per heavy atom. The van der Waals surface area contributed by atoms with Gasteiger partial charge in [0, 0.05) is 41.8 Å². The molecule has 1 amide bonds. The van der Waals surface area contributed by atoms with Gasteiger partial charge in [0.1, 0.15) is 0 Å². The Hall–Kier alpha value is -3.49. The molecule has 1 saturated heterocycles. The molecule has 1 fully saturated rings. The number of ether oxygens (including phenoxy) is 1. The van der Waals surface area contributed by atoms with Crippen LogP contribution in [0.1, 0.15) is 24.2 Å². The lowest BCUT2D eigenvalue weighted by Crippen LogP contribution is -2.50. The van der Waals surface area contributed by atoms with Gasteiger partial charge in [-0.05, 0) is 56.3 Å². The third-order valence-corrected chi connectivity index (χ3v) is 5.03. The van der Waals surface area contributed by atoms with Gasteiger partial charge < -0.3 is 26.0 Å². The highest BCUT2D eigenvalue weighted by molar-refractivity contribution is 5.95. The molecule has 1 aromatic heterocycles. The second kappa shape index (κ2) is 9.33. The lowest BCUT2D eigenvalue weighted by molar-refractivity contribution is 0.0915. The monoisotopic (exact) mass is 432 g/mol. The fourth-order valence-corrected chi connectivity index (χ4v) is 3.44. The first-order chi connectivity index (χ1) is 15.4. The number of rotatable bonds is 6. The maximum Gasteiger partial charge on any atom is 0.252 e. The molecule has 0 unspecified atom stereocenters. The van der Waals surface area contributed by atoms with Gasteiger partial charge in [-0.2, -0.15) is 0 Å². The molecule has 0 aliphatic carbocycles. The van der Waals surface area contributed by atoms with Gasteiger partial charge in [0.05, 0.1) is 24.6 Å². The summed E-state index contributed by atoms with van der Waals surface area (Å²) in [6.07, 6.45) is 1.71. The Morgan fingerprint density at radius 1 is 1.03 bits per heavy atom. The predicted molar refractivity (Wildman–Crippen MR) is 126 cm³/mol. The molecule has 1 aliphatic heterocycles. The van der Waals surface area contributed by atoms with Gasteiger partial charge in [0.2, 0.25) is 5.95 Å². The fraction of sp³-hybridized carbons (Fsp3) is 0.292. The summed E-state index contributed by atoms with van der Waals surface area (Å²) in [5.74, 6) is 0.294. The number of morpholine rings is 1. The van der Waals surface area contributed by atoms with Crippen molar-refractivity contribution < 1.29 is 9.53 Å². The lowest BCUT2D eigenvalue weighted by atomic mass is 10.1. The van der Waals surface area contributed by atoms with Gasteiger partial charge in [0.15, 0.2) is 0 Å². The average Bonchev–Trinajstić information content (AvgIpc) is 2.79. The Kier molecular flexibility index (Phi) is 6.34. The molecule has 0 bridgehead atoms. The van der Waals surface area contributed by atoms with Crippen molar-refractivity contribution in [2.24, 2.45) is 5.73 Å². The molecule has 8 nitrogen and oxygen atoms in total. The van der Waals surface area contributed by atoms with Gasteiger partial charge >= 0.3 is 0 Å². The summed E-state index contributed by atoms with van der Waals surface area (Å²) in [4.78, 5) is 23.5. The summed E-state index contributed by atoms with van der Waals surface area (Å²) >= 11 is 0. The van der Waals surface area contributed by atoms with Crippen LogP contribution in [0, 0.1) is 0 Å². The normalized spacial score (nSPS) is 14.2. The van der Waals surface area contributed by atoms with E-state index in [1.807, 2.05) is 30.3 Å². The van der Waals surface area contributed by atoms with E-state index in [1.165, 1.54) is 5.69 Å².